The normalized spacial score (nSPS) is 10.8. The molecule has 0 aliphatic rings. The van der Waals surface area contributed by atoms with Crippen LogP contribution in [0.3, 0.4) is 0 Å². The average Bonchev–Trinajstić information content (AvgIpc) is 2.83. The van der Waals surface area contributed by atoms with Crippen LogP contribution >= 0.6 is 63.7 Å². The first kappa shape index (κ1) is 26.3. The minimum Gasteiger partial charge on any atom is -0.493 e. The smallest absolute Gasteiger partial charge is 0.177 e. The van der Waals surface area contributed by atoms with Gasteiger partial charge in [0.1, 0.15) is 0 Å². The third-order valence-electron chi connectivity index (χ3n) is 5.28. The average molecular weight is 710 g/mol. The van der Waals surface area contributed by atoms with Gasteiger partial charge in [0.2, 0.25) is 0 Å². The second-order valence-electron chi connectivity index (χ2n) is 6.96. The van der Waals surface area contributed by atoms with E-state index in [2.05, 4.69) is 63.7 Å². The quantitative estimate of drug-likeness (QED) is 0.246. The molecule has 1 N–H and O–H groups in total. The Morgan fingerprint density at radius 1 is 0.727 bits per heavy atom. The Labute approximate surface area is 226 Å². The molecule has 0 unspecified atom stereocenters. The van der Waals surface area contributed by atoms with Gasteiger partial charge in [-0.2, -0.15) is 0 Å². The molecule has 0 spiro atoms. The number of rotatable bonds is 8. The number of halogens is 4. The summed E-state index contributed by atoms with van der Waals surface area (Å²) in [7, 11) is 6.40. The molecule has 0 fully saturated rings. The van der Waals surface area contributed by atoms with Crippen molar-refractivity contribution in [3.63, 3.8) is 0 Å². The summed E-state index contributed by atoms with van der Waals surface area (Å²) in [5, 5.41) is 10.2. The summed E-state index contributed by atoms with van der Waals surface area (Å²) in [6.07, 6.45) is 0.512. The lowest BCUT2D eigenvalue weighted by Gasteiger charge is -2.21. The summed E-state index contributed by atoms with van der Waals surface area (Å²) in [5.41, 5.74) is 4.63. The molecular formula is C24H22Br4O5. The lowest BCUT2D eigenvalue weighted by Crippen LogP contribution is -2.04. The molecule has 3 rings (SSSR count). The standard InChI is InChI=1S/C24H22Br4O5/c1-30-18-9-13(8-17(25)22(18)31-2)14-7-5-6-12(11-29)15(14)10-16-19(26)21(28)24(33-4)23(32-3)20(16)27/h5-9,29H,10-11H2,1-4H3. The van der Waals surface area contributed by atoms with Gasteiger partial charge in [0, 0.05) is 10.9 Å². The van der Waals surface area contributed by atoms with Gasteiger partial charge in [0.05, 0.1) is 48.5 Å². The molecule has 3 aromatic rings. The molecule has 0 radical (unpaired) electrons. The highest BCUT2D eigenvalue weighted by atomic mass is 79.9. The molecule has 0 aliphatic heterocycles. The van der Waals surface area contributed by atoms with Crippen LogP contribution in [0.2, 0.25) is 0 Å². The number of aliphatic hydroxyl groups excluding tert-OH is 1. The van der Waals surface area contributed by atoms with E-state index in [0.717, 1.165) is 45.7 Å². The van der Waals surface area contributed by atoms with Gasteiger partial charge in [-0.1, -0.05) is 18.2 Å². The van der Waals surface area contributed by atoms with E-state index in [-0.39, 0.29) is 6.61 Å². The van der Waals surface area contributed by atoms with Gasteiger partial charge in [0.25, 0.3) is 0 Å². The van der Waals surface area contributed by atoms with Crippen LogP contribution in [0, 0.1) is 0 Å². The number of aliphatic hydroxyl groups is 1. The summed E-state index contributed by atoms with van der Waals surface area (Å²) >= 11 is 14.6. The van der Waals surface area contributed by atoms with Crippen LogP contribution in [0.1, 0.15) is 16.7 Å². The van der Waals surface area contributed by atoms with Crippen molar-refractivity contribution in [3.05, 3.63) is 64.9 Å². The van der Waals surface area contributed by atoms with Gasteiger partial charge >= 0.3 is 0 Å². The van der Waals surface area contributed by atoms with Crippen LogP contribution in [-0.2, 0) is 13.0 Å². The van der Waals surface area contributed by atoms with Gasteiger partial charge < -0.3 is 24.1 Å². The molecule has 3 aromatic carbocycles. The fourth-order valence-corrected chi connectivity index (χ4v) is 6.35. The molecule has 5 nitrogen and oxygen atoms in total. The van der Waals surface area contributed by atoms with E-state index in [1.54, 1.807) is 28.4 Å². The molecule has 0 saturated carbocycles. The highest BCUT2D eigenvalue weighted by Gasteiger charge is 2.24. The molecule has 0 atom stereocenters. The summed E-state index contributed by atoms with van der Waals surface area (Å²) in [4.78, 5) is 0. The topological polar surface area (TPSA) is 57.2 Å². The third-order valence-corrected chi connectivity index (χ3v) is 8.87. The van der Waals surface area contributed by atoms with Crippen molar-refractivity contribution < 1.29 is 24.1 Å². The van der Waals surface area contributed by atoms with Crippen molar-refractivity contribution in [1.29, 1.82) is 0 Å². The fraction of sp³-hybridized carbons (Fsp3) is 0.250. The van der Waals surface area contributed by atoms with Crippen molar-refractivity contribution >= 4 is 63.7 Å². The molecule has 0 amide bonds. The van der Waals surface area contributed by atoms with E-state index < -0.39 is 0 Å². The summed E-state index contributed by atoms with van der Waals surface area (Å²) in [6, 6.07) is 9.80. The molecule has 9 heteroatoms. The maximum Gasteiger partial charge on any atom is 0.177 e. The first-order chi connectivity index (χ1) is 15.8. The summed E-state index contributed by atoms with van der Waals surface area (Å²) in [6.45, 7) is -0.0959. The second-order valence-corrected chi connectivity index (χ2v) is 10.2. The molecular weight excluding hydrogens is 688 g/mol. The van der Waals surface area contributed by atoms with Crippen molar-refractivity contribution in [2.75, 3.05) is 28.4 Å². The Kier molecular flexibility index (Phi) is 9.14. The highest BCUT2D eigenvalue weighted by Crippen LogP contribution is 2.49. The van der Waals surface area contributed by atoms with Crippen LogP contribution in [-0.4, -0.2) is 33.5 Å². The number of ether oxygens (including phenoxy) is 4. The third kappa shape index (κ3) is 5.07. The number of hydrogen-bond donors (Lipinski definition) is 1. The zero-order chi connectivity index (χ0) is 24.3. The number of methoxy groups -OCH3 is 4. The molecule has 0 aliphatic carbocycles. The van der Waals surface area contributed by atoms with Crippen molar-refractivity contribution in [1.82, 2.24) is 0 Å². The molecule has 176 valence electrons. The first-order valence-corrected chi connectivity index (χ1v) is 12.9. The van der Waals surface area contributed by atoms with Gasteiger partial charge in [-0.25, -0.2) is 0 Å². The Morgan fingerprint density at radius 3 is 1.94 bits per heavy atom. The van der Waals surface area contributed by atoms with Crippen molar-refractivity contribution in [2.45, 2.75) is 13.0 Å². The Morgan fingerprint density at radius 2 is 1.36 bits per heavy atom. The van der Waals surface area contributed by atoms with E-state index in [0.29, 0.717) is 29.4 Å². The molecule has 0 heterocycles. The summed E-state index contributed by atoms with van der Waals surface area (Å²) in [5.74, 6) is 2.40. The van der Waals surface area contributed by atoms with Crippen molar-refractivity contribution in [3.8, 4) is 34.1 Å². The van der Waals surface area contributed by atoms with E-state index >= 15 is 0 Å². The zero-order valence-electron chi connectivity index (χ0n) is 18.4. The van der Waals surface area contributed by atoms with Crippen LogP contribution in [0.5, 0.6) is 23.0 Å². The van der Waals surface area contributed by atoms with Gasteiger partial charge in [-0.3, -0.25) is 0 Å². The Bertz CT molecular complexity index is 1180. The Hall–Kier alpha value is -1.26. The molecule has 0 bridgehead atoms. The van der Waals surface area contributed by atoms with Crippen LogP contribution in [0.4, 0.5) is 0 Å². The van der Waals surface area contributed by atoms with Crippen LogP contribution < -0.4 is 18.9 Å². The predicted molar refractivity (Wildman–Crippen MR) is 144 cm³/mol. The first-order valence-electron chi connectivity index (χ1n) is 9.73. The largest absolute Gasteiger partial charge is 0.493 e. The van der Waals surface area contributed by atoms with Gasteiger partial charge in [-0.15, -0.1) is 0 Å². The van der Waals surface area contributed by atoms with Crippen molar-refractivity contribution in [2.24, 2.45) is 0 Å². The maximum atomic E-state index is 10.2. The maximum absolute atomic E-state index is 10.2. The SMILES string of the molecule is COc1cc(-c2cccc(CO)c2Cc2c(Br)c(Br)c(OC)c(OC)c2Br)cc(Br)c1OC. The highest BCUT2D eigenvalue weighted by molar-refractivity contribution is 9.13. The van der Waals surface area contributed by atoms with Crippen LogP contribution in [0.25, 0.3) is 11.1 Å². The predicted octanol–water partition coefficient (Wildman–Crippen LogP) is 7.52. The Balaban J connectivity index is 2.26. The minimum atomic E-state index is -0.0959. The summed E-state index contributed by atoms with van der Waals surface area (Å²) < 4.78 is 25.3. The zero-order valence-corrected chi connectivity index (χ0v) is 24.7. The molecule has 0 aromatic heterocycles. The van der Waals surface area contributed by atoms with Crippen LogP contribution in [0.15, 0.2) is 48.2 Å². The van der Waals surface area contributed by atoms with E-state index in [1.165, 1.54) is 0 Å². The number of benzene rings is 3. The molecule has 33 heavy (non-hydrogen) atoms. The van der Waals surface area contributed by atoms with E-state index in [1.807, 2.05) is 30.3 Å². The van der Waals surface area contributed by atoms with Gasteiger partial charge in [-0.05, 0) is 104 Å². The monoisotopic (exact) mass is 706 g/mol. The molecule has 0 saturated heterocycles. The van der Waals surface area contributed by atoms with Gasteiger partial charge in [0.15, 0.2) is 23.0 Å². The second kappa shape index (κ2) is 11.4. The minimum absolute atomic E-state index is 0.0959. The van der Waals surface area contributed by atoms with E-state index in [4.69, 9.17) is 18.9 Å². The lowest BCUT2D eigenvalue weighted by molar-refractivity contribution is 0.281. The van der Waals surface area contributed by atoms with E-state index in [9.17, 15) is 5.11 Å². The fourth-order valence-electron chi connectivity index (χ4n) is 3.70. The lowest BCUT2D eigenvalue weighted by atomic mass is 9.91. The number of hydrogen-bond acceptors (Lipinski definition) is 5.